The normalized spacial score (nSPS) is 26.0. The quantitative estimate of drug-likeness (QED) is 0.722. The summed E-state index contributed by atoms with van der Waals surface area (Å²) in [5.74, 6) is -2.96. The fraction of sp³-hybridized carbons (Fsp3) is 0.440. The summed E-state index contributed by atoms with van der Waals surface area (Å²) >= 11 is 0. The summed E-state index contributed by atoms with van der Waals surface area (Å²) in [5, 5.41) is 20.2. The van der Waals surface area contributed by atoms with Crippen LogP contribution in [0.4, 0.5) is 0 Å². The van der Waals surface area contributed by atoms with Crippen LogP contribution < -0.4 is 5.56 Å². The van der Waals surface area contributed by atoms with Crippen molar-refractivity contribution in [1.29, 1.82) is 0 Å². The molecule has 172 valence electrons. The van der Waals surface area contributed by atoms with E-state index in [2.05, 4.69) is 11.1 Å². The molecule has 0 unspecified atom stereocenters. The van der Waals surface area contributed by atoms with Crippen molar-refractivity contribution in [1.82, 2.24) is 14.5 Å². The van der Waals surface area contributed by atoms with E-state index in [0.717, 1.165) is 31.3 Å². The number of carbonyl (C=O) groups is 2. The number of nitrogens with zero attached hydrogens (tertiary/aromatic N) is 3. The molecule has 8 nitrogen and oxygen atoms in total. The van der Waals surface area contributed by atoms with Gasteiger partial charge in [0.2, 0.25) is 5.91 Å². The molecular formula is C25H27N3O5. The highest BCUT2D eigenvalue weighted by molar-refractivity contribution is 5.82. The zero-order chi connectivity index (χ0) is 23.1. The van der Waals surface area contributed by atoms with Gasteiger partial charge in [0.25, 0.3) is 5.56 Å². The lowest BCUT2D eigenvalue weighted by molar-refractivity contribution is -0.145. The highest BCUT2D eigenvalue weighted by Crippen LogP contribution is 2.48. The Balaban J connectivity index is 1.58. The molecule has 0 radical (unpaired) electrons. The molecule has 2 aliphatic heterocycles. The Morgan fingerprint density at radius 2 is 2.00 bits per heavy atom. The Morgan fingerprint density at radius 3 is 2.67 bits per heavy atom. The number of allylic oxidation sites excluding steroid dienone is 2. The Hall–Kier alpha value is -3.26. The Bertz CT molecular complexity index is 1170. The molecule has 8 heteroatoms. The molecular weight excluding hydrogens is 422 g/mol. The first-order valence-corrected chi connectivity index (χ1v) is 11.5. The summed E-state index contributed by atoms with van der Waals surface area (Å²) < 4.78 is 1.64. The minimum absolute atomic E-state index is 0.0352. The molecule has 2 aromatic heterocycles. The lowest BCUT2D eigenvalue weighted by atomic mass is 9.87. The van der Waals surface area contributed by atoms with E-state index in [1.54, 1.807) is 46.0 Å². The second-order valence-electron chi connectivity index (χ2n) is 9.08. The van der Waals surface area contributed by atoms with Crippen LogP contribution in [0.5, 0.6) is 0 Å². The van der Waals surface area contributed by atoms with Crippen molar-refractivity contribution in [3.8, 4) is 0 Å². The molecule has 4 atom stereocenters. The maximum atomic E-state index is 13.5. The first kappa shape index (κ1) is 21.6. The molecule has 1 aliphatic carbocycles. The molecule has 5 rings (SSSR count). The maximum Gasteiger partial charge on any atom is 0.309 e. The number of carboxylic acids is 1. The maximum absolute atomic E-state index is 13.5. The molecule has 4 heterocycles. The van der Waals surface area contributed by atoms with E-state index >= 15 is 0 Å². The van der Waals surface area contributed by atoms with E-state index in [-0.39, 0.29) is 31.0 Å². The third kappa shape index (κ3) is 3.58. The SMILES string of the molecule is O=C(O)[C@@H]1[C@@H](CO)[C@@H]2Cn3c(ccc(C4=CCCCC4)c3=O)[C@H]1N2C(=O)Cc1ccccn1. The van der Waals surface area contributed by atoms with Crippen molar-refractivity contribution in [2.24, 2.45) is 11.8 Å². The van der Waals surface area contributed by atoms with E-state index < -0.39 is 29.9 Å². The second kappa shape index (κ2) is 8.59. The summed E-state index contributed by atoms with van der Waals surface area (Å²) in [6, 6.07) is 7.51. The van der Waals surface area contributed by atoms with Crippen LogP contribution in [0.1, 0.15) is 48.7 Å². The van der Waals surface area contributed by atoms with Gasteiger partial charge in [-0.3, -0.25) is 19.4 Å². The summed E-state index contributed by atoms with van der Waals surface area (Å²) in [6.45, 7) is -0.193. The number of amides is 1. The number of aromatic nitrogens is 2. The van der Waals surface area contributed by atoms with Crippen molar-refractivity contribution in [2.45, 2.75) is 50.7 Å². The summed E-state index contributed by atoms with van der Waals surface area (Å²) in [4.78, 5) is 45.0. The summed E-state index contributed by atoms with van der Waals surface area (Å²) in [6.07, 6.45) is 7.73. The van der Waals surface area contributed by atoms with E-state index in [9.17, 15) is 24.6 Å². The van der Waals surface area contributed by atoms with Gasteiger partial charge in [-0.05, 0) is 55.5 Å². The monoisotopic (exact) mass is 449 g/mol. The van der Waals surface area contributed by atoms with Gasteiger partial charge >= 0.3 is 5.97 Å². The minimum Gasteiger partial charge on any atom is -0.481 e. The molecule has 2 aromatic rings. The number of aliphatic hydroxyl groups excluding tert-OH is 1. The number of aliphatic carboxylic acids is 1. The topological polar surface area (TPSA) is 113 Å². The predicted molar refractivity (Wildman–Crippen MR) is 120 cm³/mol. The number of hydrogen-bond donors (Lipinski definition) is 2. The predicted octanol–water partition coefficient (Wildman–Crippen LogP) is 2.02. The number of hydrogen-bond acceptors (Lipinski definition) is 5. The van der Waals surface area contributed by atoms with Crippen LogP contribution in [-0.2, 0) is 22.6 Å². The Labute approximate surface area is 191 Å². The number of carbonyl (C=O) groups excluding carboxylic acids is 1. The zero-order valence-corrected chi connectivity index (χ0v) is 18.3. The minimum atomic E-state index is -1.07. The van der Waals surface area contributed by atoms with E-state index in [4.69, 9.17) is 0 Å². The van der Waals surface area contributed by atoms with Gasteiger partial charge in [-0.25, -0.2) is 0 Å². The van der Waals surface area contributed by atoms with Crippen LogP contribution >= 0.6 is 0 Å². The highest BCUT2D eigenvalue weighted by atomic mass is 16.4. The van der Waals surface area contributed by atoms with Crippen molar-refractivity contribution in [2.75, 3.05) is 6.61 Å². The molecule has 1 saturated heterocycles. The molecule has 0 saturated carbocycles. The first-order chi connectivity index (χ1) is 16.0. The molecule has 1 amide bonds. The Kier molecular flexibility index (Phi) is 5.62. The fourth-order valence-corrected chi connectivity index (χ4v) is 5.80. The van der Waals surface area contributed by atoms with Gasteiger partial charge in [0.05, 0.1) is 24.4 Å². The molecule has 33 heavy (non-hydrogen) atoms. The molecule has 2 bridgehead atoms. The van der Waals surface area contributed by atoms with Gasteiger partial charge in [-0.2, -0.15) is 0 Å². The summed E-state index contributed by atoms with van der Waals surface area (Å²) in [7, 11) is 0. The number of pyridine rings is 2. The molecule has 0 aromatic carbocycles. The smallest absolute Gasteiger partial charge is 0.309 e. The van der Waals surface area contributed by atoms with Crippen LogP contribution in [0.2, 0.25) is 0 Å². The van der Waals surface area contributed by atoms with Crippen LogP contribution in [0, 0.1) is 11.8 Å². The van der Waals surface area contributed by atoms with Gasteiger partial charge < -0.3 is 19.7 Å². The van der Waals surface area contributed by atoms with Crippen LogP contribution in [0.3, 0.4) is 0 Å². The standard InChI is InChI=1S/C25H27N3O5/c29-14-18-20-13-27-19(10-9-17(24(27)31)15-6-2-1-3-7-15)23(22(18)25(32)33)28(20)21(30)12-16-8-4-5-11-26-16/h4-6,8-11,18,20,22-23,29H,1-3,7,12-14H2,(H,32,33)/t18-,20-,22+,23+/m0/s1. The number of fused-ring (bicyclic) bond motifs is 4. The average Bonchev–Trinajstić information content (AvgIpc) is 3.08. The fourth-order valence-electron chi connectivity index (χ4n) is 5.80. The Morgan fingerprint density at radius 1 is 1.15 bits per heavy atom. The molecule has 1 fully saturated rings. The van der Waals surface area contributed by atoms with Gasteiger partial charge in [0.15, 0.2) is 0 Å². The number of carboxylic acid groups (broad SMARTS) is 1. The van der Waals surface area contributed by atoms with Crippen LogP contribution in [0.15, 0.2) is 47.4 Å². The highest BCUT2D eigenvalue weighted by Gasteiger charge is 2.57. The van der Waals surface area contributed by atoms with Crippen molar-refractivity contribution >= 4 is 17.4 Å². The lowest BCUT2D eigenvalue weighted by Gasteiger charge is -2.38. The van der Waals surface area contributed by atoms with Gasteiger partial charge in [-0.1, -0.05) is 12.1 Å². The zero-order valence-electron chi connectivity index (χ0n) is 18.3. The van der Waals surface area contributed by atoms with Crippen molar-refractivity contribution in [3.05, 3.63) is 69.9 Å². The van der Waals surface area contributed by atoms with Gasteiger partial charge in [-0.15, -0.1) is 0 Å². The van der Waals surface area contributed by atoms with Crippen LogP contribution in [0.25, 0.3) is 5.57 Å². The lowest BCUT2D eigenvalue weighted by Crippen LogP contribution is -2.50. The first-order valence-electron chi connectivity index (χ1n) is 11.5. The van der Waals surface area contributed by atoms with Gasteiger partial charge in [0, 0.05) is 42.2 Å². The van der Waals surface area contributed by atoms with Crippen molar-refractivity contribution in [3.63, 3.8) is 0 Å². The third-order valence-electron chi connectivity index (χ3n) is 7.31. The van der Waals surface area contributed by atoms with Crippen molar-refractivity contribution < 1.29 is 19.8 Å². The second-order valence-corrected chi connectivity index (χ2v) is 9.08. The van der Waals surface area contributed by atoms with Crippen LogP contribution in [-0.4, -0.2) is 49.2 Å². The molecule has 2 N–H and O–H groups in total. The molecule has 0 spiro atoms. The average molecular weight is 450 g/mol. The number of aliphatic hydroxyl groups is 1. The summed E-state index contributed by atoms with van der Waals surface area (Å²) in [5.41, 5.74) is 2.66. The van der Waals surface area contributed by atoms with E-state index in [1.165, 1.54) is 0 Å². The molecule has 3 aliphatic rings. The van der Waals surface area contributed by atoms with Gasteiger partial charge in [0.1, 0.15) is 0 Å². The van der Waals surface area contributed by atoms with E-state index in [0.29, 0.717) is 17.0 Å². The van der Waals surface area contributed by atoms with E-state index in [1.807, 2.05) is 0 Å². The third-order valence-corrected chi connectivity index (χ3v) is 7.31. The number of rotatable bonds is 5. The largest absolute Gasteiger partial charge is 0.481 e.